The lowest BCUT2D eigenvalue weighted by atomic mass is 10.1. The molecule has 0 saturated carbocycles. The van der Waals surface area contributed by atoms with Crippen LogP contribution in [0.3, 0.4) is 0 Å². The highest BCUT2D eigenvalue weighted by Crippen LogP contribution is 2.23. The molecule has 0 aliphatic rings. The van der Waals surface area contributed by atoms with E-state index >= 15 is 0 Å². The minimum atomic E-state index is -0.389. The van der Waals surface area contributed by atoms with Crippen LogP contribution in [0.2, 0.25) is 0 Å². The van der Waals surface area contributed by atoms with Crippen molar-refractivity contribution >= 4 is 35.5 Å². The molecule has 7 heteroatoms. The van der Waals surface area contributed by atoms with E-state index < -0.39 is 0 Å². The van der Waals surface area contributed by atoms with Crippen molar-refractivity contribution < 1.29 is 14.3 Å². The summed E-state index contributed by atoms with van der Waals surface area (Å²) in [4.78, 5) is 24.7. The van der Waals surface area contributed by atoms with Gasteiger partial charge in [0.1, 0.15) is 5.75 Å². The second-order valence-corrected chi connectivity index (χ2v) is 6.18. The average Bonchev–Trinajstić information content (AvgIpc) is 2.62. The lowest BCUT2D eigenvalue weighted by Gasteiger charge is -2.11. The number of ether oxygens (including phenoxy) is 1. The number of hydrogen-bond donors (Lipinski definition) is 2. The van der Waals surface area contributed by atoms with Crippen molar-refractivity contribution in [2.75, 3.05) is 18.2 Å². The second kappa shape index (κ2) is 9.62. The van der Waals surface area contributed by atoms with Crippen molar-refractivity contribution in [1.82, 2.24) is 5.43 Å². The van der Waals surface area contributed by atoms with Gasteiger partial charge in [0.05, 0.1) is 18.4 Å². The van der Waals surface area contributed by atoms with E-state index in [1.54, 1.807) is 36.2 Å². The van der Waals surface area contributed by atoms with Gasteiger partial charge in [0.25, 0.3) is 5.91 Å². The van der Waals surface area contributed by atoms with Crippen LogP contribution in [-0.2, 0) is 4.79 Å². The van der Waals surface area contributed by atoms with Crippen LogP contribution < -0.4 is 15.5 Å². The number of nitrogens with zero attached hydrogens (tertiary/aromatic N) is 1. The van der Waals surface area contributed by atoms with Crippen LogP contribution >= 0.6 is 11.8 Å². The lowest BCUT2D eigenvalue weighted by Crippen LogP contribution is -2.19. The summed E-state index contributed by atoms with van der Waals surface area (Å²) in [5, 5.41) is 6.67. The second-order valence-electron chi connectivity index (χ2n) is 5.30. The van der Waals surface area contributed by atoms with E-state index in [2.05, 4.69) is 15.8 Å². The van der Waals surface area contributed by atoms with E-state index in [4.69, 9.17) is 4.74 Å². The van der Waals surface area contributed by atoms with Crippen LogP contribution in [0.1, 0.15) is 29.8 Å². The Balaban J connectivity index is 2.12. The Morgan fingerprint density at radius 1 is 1.23 bits per heavy atom. The summed E-state index contributed by atoms with van der Waals surface area (Å²) in [5.74, 6) is -0.197. The van der Waals surface area contributed by atoms with Gasteiger partial charge in [-0.25, -0.2) is 5.43 Å². The molecule has 0 saturated heterocycles. The molecule has 0 unspecified atom stereocenters. The summed E-state index contributed by atoms with van der Waals surface area (Å²) in [6.45, 7) is 3.64. The van der Waals surface area contributed by atoms with Crippen molar-refractivity contribution in [3.8, 4) is 5.75 Å². The maximum atomic E-state index is 12.4. The first kappa shape index (κ1) is 19.5. The standard InChI is InChI=1S/C19H21N3O3S/c1-4-25-18-11-15(21-13(2)23)8-9-17(18)19(24)22-20-12-14-6-5-7-16(10-14)26-3/h5-12H,4H2,1-3H3,(H,21,23)(H,22,24)/b20-12-. The Bertz CT molecular complexity index is 821. The third-order valence-corrected chi connectivity index (χ3v) is 4.05. The molecule has 0 radical (unpaired) electrons. The van der Waals surface area contributed by atoms with Crippen LogP contribution in [0.15, 0.2) is 52.5 Å². The van der Waals surface area contributed by atoms with E-state index in [1.165, 1.54) is 6.92 Å². The molecule has 0 bridgehead atoms. The van der Waals surface area contributed by atoms with E-state index in [1.807, 2.05) is 37.4 Å². The smallest absolute Gasteiger partial charge is 0.275 e. The van der Waals surface area contributed by atoms with Gasteiger partial charge in [0.15, 0.2) is 0 Å². The first-order chi connectivity index (χ1) is 12.5. The first-order valence-corrected chi connectivity index (χ1v) is 9.28. The number of thioether (sulfide) groups is 1. The van der Waals surface area contributed by atoms with E-state index in [9.17, 15) is 9.59 Å². The summed E-state index contributed by atoms with van der Waals surface area (Å²) >= 11 is 1.64. The summed E-state index contributed by atoms with van der Waals surface area (Å²) in [6, 6.07) is 12.7. The molecule has 2 rings (SSSR count). The quantitative estimate of drug-likeness (QED) is 0.443. The molecular weight excluding hydrogens is 350 g/mol. The summed E-state index contributed by atoms with van der Waals surface area (Å²) in [6.07, 6.45) is 3.58. The van der Waals surface area contributed by atoms with Crippen LogP contribution in [-0.4, -0.2) is 30.9 Å². The molecular formula is C19H21N3O3S. The van der Waals surface area contributed by atoms with Crippen molar-refractivity contribution in [2.45, 2.75) is 18.7 Å². The Morgan fingerprint density at radius 2 is 2.04 bits per heavy atom. The molecule has 2 aromatic rings. The summed E-state index contributed by atoms with van der Waals surface area (Å²) < 4.78 is 5.51. The van der Waals surface area contributed by atoms with Gasteiger partial charge in [-0.1, -0.05) is 12.1 Å². The van der Waals surface area contributed by atoms with Crippen molar-refractivity contribution in [3.05, 3.63) is 53.6 Å². The predicted molar refractivity (Wildman–Crippen MR) is 105 cm³/mol. The van der Waals surface area contributed by atoms with Crippen molar-refractivity contribution in [3.63, 3.8) is 0 Å². The average molecular weight is 371 g/mol. The van der Waals surface area contributed by atoms with E-state index in [0.29, 0.717) is 23.6 Å². The van der Waals surface area contributed by atoms with Crippen LogP contribution in [0, 0.1) is 0 Å². The molecule has 136 valence electrons. The molecule has 6 nitrogen and oxygen atoms in total. The minimum absolute atomic E-state index is 0.193. The van der Waals surface area contributed by atoms with Gasteiger partial charge >= 0.3 is 0 Å². The van der Waals surface area contributed by atoms with Crippen LogP contribution in [0.5, 0.6) is 5.75 Å². The maximum absolute atomic E-state index is 12.4. The van der Waals surface area contributed by atoms with Gasteiger partial charge in [-0.15, -0.1) is 11.8 Å². The fourth-order valence-corrected chi connectivity index (χ4v) is 2.68. The Labute approximate surface area is 157 Å². The normalized spacial score (nSPS) is 10.6. The molecule has 0 aliphatic heterocycles. The summed E-state index contributed by atoms with van der Waals surface area (Å²) in [5.41, 5.74) is 4.30. The number of rotatable bonds is 7. The first-order valence-electron chi connectivity index (χ1n) is 8.05. The topological polar surface area (TPSA) is 79.8 Å². The van der Waals surface area contributed by atoms with Gasteiger partial charge in [-0.3, -0.25) is 9.59 Å². The largest absolute Gasteiger partial charge is 0.493 e. The molecule has 0 atom stereocenters. The number of amides is 2. The molecule has 0 fully saturated rings. The maximum Gasteiger partial charge on any atom is 0.275 e. The van der Waals surface area contributed by atoms with E-state index in [0.717, 1.165) is 10.5 Å². The molecule has 2 N–H and O–H groups in total. The Kier molecular flexibility index (Phi) is 7.23. The van der Waals surface area contributed by atoms with E-state index in [-0.39, 0.29) is 11.8 Å². The van der Waals surface area contributed by atoms with Crippen molar-refractivity contribution in [2.24, 2.45) is 5.10 Å². The van der Waals surface area contributed by atoms with Gasteiger partial charge in [-0.05, 0) is 43.0 Å². The molecule has 2 amide bonds. The fraction of sp³-hybridized carbons (Fsp3) is 0.211. The SMILES string of the molecule is CCOc1cc(NC(C)=O)ccc1C(=O)N/N=C\c1cccc(SC)c1. The monoisotopic (exact) mass is 371 g/mol. The number of anilines is 1. The zero-order chi connectivity index (χ0) is 18.9. The molecule has 0 spiro atoms. The third kappa shape index (κ3) is 5.63. The molecule has 2 aromatic carbocycles. The number of hydrogen-bond acceptors (Lipinski definition) is 5. The Morgan fingerprint density at radius 3 is 2.73 bits per heavy atom. The molecule has 26 heavy (non-hydrogen) atoms. The molecule has 0 heterocycles. The van der Waals surface area contributed by atoms with Gasteiger partial charge in [-0.2, -0.15) is 5.10 Å². The third-order valence-electron chi connectivity index (χ3n) is 3.32. The summed E-state index contributed by atoms with van der Waals surface area (Å²) in [7, 11) is 0. The lowest BCUT2D eigenvalue weighted by molar-refractivity contribution is -0.114. The number of benzene rings is 2. The zero-order valence-corrected chi connectivity index (χ0v) is 15.7. The number of carbonyl (C=O) groups is 2. The zero-order valence-electron chi connectivity index (χ0n) is 14.9. The fourth-order valence-electron chi connectivity index (χ4n) is 2.21. The molecule has 0 aromatic heterocycles. The highest BCUT2D eigenvalue weighted by molar-refractivity contribution is 7.98. The van der Waals surface area contributed by atoms with Gasteiger partial charge in [0.2, 0.25) is 5.91 Å². The van der Waals surface area contributed by atoms with Crippen molar-refractivity contribution in [1.29, 1.82) is 0 Å². The van der Waals surface area contributed by atoms with Gasteiger partial charge in [0, 0.05) is 23.6 Å². The molecule has 0 aliphatic carbocycles. The minimum Gasteiger partial charge on any atom is -0.493 e. The predicted octanol–water partition coefficient (Wildman–Crippen LogP) is 3.53. The Hall–Kier alpha value is -2.80. The van der Waals surface area contributed by atoms with Crippen LogP contribution in [0.25, 0.3) is 0 Å². The highest BCUT2D eigenvalue weighted by Gasteiger charge is 2.13. The van der Waals surface area contributed by atoms with Gasteiger partial charge < -0.3 is 10.1 Å². The number of hydrazone groups is 1. The number of carbonyl (C=O) groups excluding carboxylic acids is 2. The highest BCUT2D eigenvalue weighted by atomic mass is 32.2. The van der Waals surface area contributed by atoms with Crippen LogP contribution in [0.4, 0.5) is 5.69 Å². The number of nitrogens with one attached hydrogen (secondary N) is 2.